The average Bonchev–Trinajstić information content (AvgIpc) is 3.81. The summed E-state index contributed by atoms with van der Waals surface area (Å²) >= 11 is 0. The Morgan fingerprint density at radius 1 is 0.919 bits per heavy atom. The number of benzene rings is 1. The maximum Gasteiger partial charge on any atom is 0.469 e. The molecule has 0 radical (unpaired) electrons. The number of phosphoric acid groups is 1. The molecule has 336 valence electrons. The minimum atomic E-state index is -5.21. The number of urea groups is 1. The van der Waals surface area contributed by atoms with Crippen molar-refractivity contribution in [2.75, 3.05) is 25.0 Å². The van der Waals surface area contributed by atoms with Crippen molar-refractivity contribution in [2.24, 2.45) is 5.92 Å². The van der Waals surface area contributed by atoms with Crippen molar-refractivity contribution >= 4 is 55.0 Å². The summed E-state index contributed by atoms with van der Waals surface area (Å²) in [6.45, 7) is 4.07. The molecule has 0 bridgehead atoms. The smallest absolute Gasteiger partial charge is 0.458 e. The summed E-state index contributed by atoms with van der Waals surface area (Å²) in [6, 6.07) is -4.12. The van der Waals surface area contributed by atoms with Gasteiger partial charge in [0.15, 0.2) is 0 Å². The molecule has 2 aromatic rings. The number of hydrogen-bond donors (Lipinski definition) is 6. The Kier molecular flexibility index (Phi) is 14.2. The summed E-state index contributed by atoms with van der Waals surface area (Å²) in [4.78, 5) is 125. The number of nitrogens with zero attached hydrogens (tertiary/aromatic N) is 4. The first-order chi connectivity index (χ1) is 29.3. The van der Waals surface area contributed by atoms with E-state index in [9.17, 15) is 56.7 Å². The summed E-state index contributed by atoms with van der Waals surface area (Å²) in [5.41, 5.74) is 0.183. The average molecular weight is 891 g/mol. The van der Waals surface area contributed by atoms with Crippen molar-refractivity contribution in [1.82, 2.24) is 35.6 Å². The van der Waals surface area contributed by atoms with E-state index in [0.717, 1.165) is 17.0 Å². The van der Waals surface area contributed by atoms with Crippen molar-refractivity contribution < 1.29 is 66.0 Å². The standard InChI is InChI=1S/C39H49F2N8O12P/c1-20-12-31-38(55)60-22(3)32(46-33(50)28(15-23-13-24(40)16-25(41)14-23)45-39(56)44-26-7-9-42-10-8-26)37(54)49-19-27(61-62(57,58)59)17-30(49)36(53)47-11-5-4-6-29(47)34(51)43-21(2)35(52)48(31)18-20/h7-10,13-14,16,20-22,27-32H,4-6,11-12,15,17-19H2,1-3H3,(H,43,51)(H,46,50)(H2,57,58,59)(H2,42,44,45,56)/t20-,21+,22+,27-,28+,29+,30+,31+,32+/m1/s1. The molecule has 20 nitrogen and oxygen atoms in total. The first kappa shape index (κ1) is 45.9. The number of halogens is 2. The van der Waals surface area contributed by atoms with Crippen molar-refractivity contribution in [1.29, 1.82) is 0 Å². The number of phosphoric ester groups is 1. The van der Waals surface area contributed by atoms with Gasteiger partial charge in [0.1, 0.15) is 54.0 Å². The minimum Gasteiger partial charge on any atom is -0.458 e. The molecule has 0 unspecified atom stereocenters. The largest absolute Gasteiger partial charge is 0.469 e. The highest BCUT2D eigenvalue weighted by Gasteiger charge is 2.50. The van der Waals surface area contributed by atoms with Crippen LogP contribution in [0.1, 0.15) is 58.4 Å². The zero-order valence-corrected chi connectivity index (χ0v) is 35.0. The second-order valence-electron chi connectivity index (χ2n) is 16.1. The summed E-state index contributed by atoms with van der Waals surface area (Å²) in [7, 11) is -5.21. The van der Waals surface area contributed by atoms with Crippen molar-refractivity contribution in [3.05, 3.63) is 59.9 Å². The lowest BCUT2D eigenvalue weighted by Crippen LogP contribution is -2.63. The van der Waals surface area contributed by atoms with Gasteiger partial charge in [-0.2, -0.15) is 0 Å². The number of ether oxygens (including phenoxy) is 1. The van der Waals surface area contributed by atoms with Crippen LogP contribution in [0.15, 0.2) is 42.7 Å². The quantitative estimate of drug-likeness (QED) is 0.158. The zero-order chi connectivity index (χ0) is 45.0. The molecule has 4 saturated heterocycles. The number of carbonyl (C=O) groups excluding carboxylic acids is 7. The van der Waals surface area contributed by atoms with E-state index in [1.807, 2.05) is 0 Å². The molecule has 7 amide bonds. The Morgan fingerprint density at radius 3 is 2.27 bits per heavy atom. The predicted molar refractivity (Wildman–Crippen MR) is 211 cm³/mol. The summed E-state index contributed by atoms with van der Waals surface area (Å²) < 4.78 is 51.5. The number of pyridine rings is 1. The van der Waals surface area contributed by atoms with Crippen LogP contribution < -0.4 is 21.3 Å². The number of anilines is 1. The maximum absolute atomic E-state index is 14.9. The summed E-state index contributed by atoms with van der Waals surface area (Å²) in [6.07, 6.45) is 0.0877. The highest BCUT2D eigenvalue weighted by Crippen LogP contribution is 2.41. The third-order valence-electron chi connectivity index (χ3n) is 11.3. The highest BCUT2D eigenvalue weighted by molar-refractivity contribution is 7.46. The van der Waals surface area contributed by atoms with Crippen LogP contribution in [0.3, 0.4) is 0 Å². The molecule has 9 atom stereocenters. The molecule has 0 spiro atoms. The lowest BCUT2D eigenvalue weighted by molar-refractivity contribution is -0.163. The number of hydrogen-bond acceptors (Lipinski definition) is 11. The van der Waals surface area contributed by atoms with Crippen LogP contribution in [-0.2, 0) is 49.0 Å². The van der Waals surface area contributed by atoms with Gasteiger partial charge in [0, 0.05) is 56.6 Å². The van der Waals surface area contributed by atoms with Crippen molar-refractivity contribution in [2.45, 2.75) is 108 Å². The van der Waals surface area contributed by atoms with Crippen LogP contribution in [0.25, 0.3) is 0 Å². The van der Waals surface area contributed by atoms with Gasteiger partial charge < -0.3 is 50.5 Å². The lowest BCUT2D eigenvalue weighted by atomic mass is 9.98. The molecule has 4 aliphatic rings. The molecule has 23 heteroatoms. The topological polar surface area (TPSA) is 266 Å². The molecule has 4 aliphatic heterocycles. The second-order valence-corrected chi connectivity index (χ2v) is 17.3. The van der Waals surface area contributed by atoms with Gasteiger partial charge in [-0.15, -0.1) is 0 Å². The number of rotatable bonds is 8. The zero-order valence-electron chi connectivity index (χ0n) is 34.1. The van der Waals surface area contributed by atoms with Gasteiger partial charge in [0.05, 0.1) is 6.10 Å². The van der Waals surface area contributed by atoms with Gasteiger partial charge in [-0.3, -0.25) is 33.5 Å². The Morgan fingerprint density at radius 2 is 1.60 bits per heavy atom. The Balaban J connectivity index is 1.39. The molecule has 4 fully saturated rings. The molecule has 0 saturated carbocycles. The van der Waals surface area contributed by atoms with Crippen LogP contribution in [0.4, 0.5) is 19.3 Å². The minimum absolute atomic E-state index is 0.0528. The van der Waals surface area contributed by atoms with E-state index in [1.54, 1.807) is 6.92 Å². The summed E-state index contributed by atoms with van der Waals surface area (Å²) in [5, 5.41) is 10.1. The molecule has 62 heavy (non-hydrogen) atoms. The monoisotopic (exact) mass is 890 g/mol. The van der Waals surface area contributed by atoms with Crippen molar-refractivity contribution in [3.63, 3.8) is 0 Å². The van der Waals surface area contributed by atoms with Gasteiger partial charge >= 0.3 is 19.8 Å². The number of aromatic nitrogens is 1. The van der Waals surface area contributed by atoms with E-state index in [1.165, 1.54) is 48.2 Å². The summed E-state index contributed by atoms with van der Waals surface area (Å²) in [5.74, 6) is -7.40. The first-order valence-electron chi connectivity index (χ1n) is 20.2. The molecule has 1 aromatic carbocycles. The number of nitrogens with one attached hydrogen (secondary N) is 4. The normalized spacial score (nSPS) is 28.0. The number of amides is 7. The van der Waals surface area contributed by atoms with E-state index in [-0.39, 0.29) is 43.1 Å². The van der Waals surface area contributed by atoms with Crippen molar-refractivity contribution in [3.8, 4) is 0 Å². The second kappa shape index (κ2) is 19.2. The molecular formula is C39H49F2N8O12P. The van der Waals surface area contributed by atoms with E-state index < -0.39 is 129 Å². The third kappa shape index (κ3) is 11.1. The fourth-order valence-electron chi connectivity index (χ4n) is 8.41. The molecule has 5 heterocycles. The Hall–Kier alpha value is -5.57. The molecule has 1 aromatic heterocycles. The highest BCUT2D eigenvalue weighted by atomic mass is 31.2. The maximum atomic E-state index is 14.9. The predicted octanol–water partition coefficient (Wildman–Crippen LogP) is 0.724. The molecular weight excluding hydrogens is 841 g/mol. The fourth-order valence-corrected chi connectivity index (χ4v) is 8.96. The van der Waals surface area contributed by atoms with E-state index in [0.29, 0.717) is 18.9 Å². The SMILES string of the molecule is C[C@@H]1C[C@H]2C(=O)O[C@@H](C)[C@H](NC(=O)[C@H](Cc3cc(F)cc(F)c3)NC(=O)Nc3ccncc3)C(=O)N3C[C@H](OP(=O)(O)O)C[C@H]3C(=O)N3CCCC[C@H]3C(=O)N[C@@H](C)C(=O)N2C1. The third-order valence-corrected chi connectivity index (χ3v) is 11.8. The van der Waals surface area contributed by atoms with Gasteiger partial charge in [0.2, 0.25) is 29.5 Å². The Labute approximate surface area is 354 Å². The molecule has 6 rings (SSSR count). The van der Waals surface area contributed by atoms with Gasteiger partial charge in [-0.25, -0.2) is 22.9 Å². The molecule has 0 aliphatic carbocycles. The van der Waals surface area contributed by atoms with Crippen LogP contribution in [-0.4, -0.2) is 139 Å². The lowest BCUT2D eigenvalue weighted by Gasteiger charge is -2.39. The van der Waals surface area contributed by atoms with E-state index in [4.69, 9.17) is 9.26 Å². The fraction of sp³-hybridized carbons (Fsp3) is 0.538. The van der Waals surface area contributed by atoms with Crippen LogP contribution in [0.2, 0.25) is 0 Å². The Bertz CT molecular complexity index is 2100. The van der Waals surface area contributed by atoms with Gasteiger partial charge in [0.25, 0.3) is 0 Å². The first-order valence-corrected chi connectivity index (χ1v) is 21.7. The van der Waals surface area contributed by atoms with E-state index >= 15 is 0 Å². The van der Waals surface area contributed by atoms with Crippen LogP contribution >= 0.6 is 7.82 Å². The number of esters is 1. The van der Waals surface area contributed by atoms with Crippen LogP contribution in [0, 0.1) is 17.6 Å². The number of piperidine rings is 1. The number of carbonyl (C=O) groups is 7. The van der Waals surface area contributed by atoms with E-state index in [2.05, 4.69) is 26.3 Å². The number of cyclic esters (lactones) is 1. The van der Waals surface area contributed by atoms with Gasteiger partial charge in [-0.05, 0) is 75.3 Å². The van der Waals surface area contributed by atoms with Gasteiger partial charge in [-0.1, -0.05) is 6.92 Å². The number of fused-ring (bicyclic) bond motifs is 3. The molecule has 6 N–H and O–H groups in total. The van der Waals surface area contributed by atoms with Crippen LogP contribution in [0.5, 0.6) is 0 Å².